The summed E-state index contributed by atoms with van der Waals surface area (Å²) < 4.78 is 4.92. The third kappa shape index (κ3) is 5.07. The molecule has 0 bridgehead atoms. The van der Waals surface area contributed by atoms with Crippen LogP contribution in [0.4, 0.5) is 5.69 Å². The van der Waals surface area contributed by atoms with Crippen LogP contribution in [0.25, 0.3) is 0 Å². The fourth-order valence-electron chi connectivity index (χ4n) is 2.22. The maximum Gasteiger partial charge on any atom is 0.342 e. The lowest BCUT2D eigenvalue weighted by Gasteiger charge is -2.09. The summed E-state index contributed by atoms with van der Waals surface area (Å²) in [5.74, 6) is -1.81. The van der Waals surface area contributed by atoms with Crippen LogP contribution in [0.3, 0.4) is 0 Å². The van der Waals surface area contributed by atoms with Gasteiger partial charge in [-0.2, -0.15) is 0 Å². The largest absolute Gasteiger partial charge is 0.507 e. The van der Waals surface area contributed by atoms with E-state index in [2.05, 4.69) is 10.6 Å². The molecular formula is C19H20N2O5. The van der Waals surface area contributed by atoms with E-state index in [9.17, 15) is 19.5 Å². The van der Waals surface area contributed by atoms with Gasteiger partial charge in [-0.15, -0.1) is 0 Å². The summed E-state index contributed by atoms with van der Waals surface area (Å²) in [4.78, 5) is 35.7. The number of hydrogen-bond donors (Lipinski definition) is 3. The number of phenols is 1. The second-order valence-electron chi connectivity index (χ2n) is 5.59. The number of phenolic OH excluding ortho intramolecular Hbond substituents is 1. The molecule has 0 fully saturated rings. The van der Waals surface area contributed by atoms with Crippen molar-refractivity contribution in [2.45, 2.75) is 13.8 Å². The predicted molar refractivity (Wildman–Crippen MR) is 96.2 cm³/mol. The Balaban J connectivity index is 1.95. The van der Waals surface area contributed by atoms with Crippen molar-refractivity contribution in [1.29, 1.82) is 0 Å². The number of esters is 1. The summed E-state index contributed by atoms with van der Waals surface area (Å²) in [6, 6.07) is 10.9. The molecule has 136 valence electrons. The summed E-state index contributed by atoms with van der Waals surface area (Å²) in [7, 11) is 0. The average molecular weight is 356 g/mol. The zero-order valence-corrected chi connectivity index (χ0v) is 14.5. The Morgan fingerprint density at radius 1 is 1.12 bits per heavy atom. The van der Waals surface area contributed by atoms with Crippen molar-refractivity contribution in [3.8, 4) is 5.75 Å². The molecular weight excluding hydrogens is 336 g/mol. The number of nitrogens with one attached hydrogen (secondary N) is 2. The Kier molecular flexibility index (Phi) is 6.32. The lowest BCUT2D eigenvalue weighted by atomic mass is 10.1. The second-order valence-corrected chi connectivity index (χ2v) is 5.59. The van der Waals surface area contributed by atoms with Crippen LogP contribution in [-0.2, 0) is 9.53 Å². The first-order chi connectivity index (χ1) is 12.4. The van der Waals surface area contributed by atoms with Crippen LogP contribution in [0, 0.1) is 6.92 Å². The average Bonchev–Trinajstić information content (AvgIpc) is 2.62. The summed E-state index contributed by atoms with van der Waals surface area (Å²) in [5.41, 5.74) is 1.59. The number of rotatable bonds is 6. The van der Waals surface area contributed by atoms with E-state index < -0.39 is 18.5 Å². The van der Waals surface area contributed by atoms with E-state index in [-0.39, 0.29) is 17.2 Å². The van der Waals surface area contributed by atoms with Crippen molar-refractivity contribution in [1.82, 2.24) is 5.32 Å². The minimum atomic E-state index is -0.794. The van der Waals surface area contributed by atoms with E-state index in [1.807, 2.05) is 6.92 Å². The summed E-state index contributed by atoms with van der Waals surface area (Å²) >= 11 is 0. The van der Waals surface area contributed by atoms with E-state index >= 15 is 0 Å². The quantitative estimate of drug-likeness (QED) is 0.689. The number of aryl methyl sites for hydroxylation is 1. The van der Waals surface area contributed by atoms with E-state index in [0.29, 0.717) is 17.8 Å². The van der Waals surface area contributed by atoms with Crippen LogP contribution in [0.1, 0.15) is 33.2 Å². The van der Waals surface area contributed by atoms with Crippen LogP contribution in [-0.4, -0.2) is 36.0 Å². The van der Waals surface area contributed by atoms with Gasteiger partial charge in [0.25, 0.3) is 11.8 Å². The van der Waals surface area contributed by atoms with E-state index in [1.165, 1.54) is 18.2 Å². The number of carbonyl (C=O) groups excluding carboxylic acids is 3. The number of hydrogen-bond acceptors (Lipinski definition) is 5. The topological polar surface area (TPSA) is 105 Å². The number of benzene rings is 2. The molecule has 0 aliphatic rings. The van der Waals surface area contributed by atoms with E-state index in [1.54, 1.807) is 31.2 Å². The Labute approximate surface area is 151 Å². The molecule has 0 unspecified atom stereocenters. The summed E-state index contributed by atoms with van der Waals surface area (Å²) in [6.45, 7) is 3.56. The highest BCUT2D eigenvalue weighted by Gasteiger charge is 2.15. The lowest BCUT2D eigenvalue weighted by Crippen LogP contribution is -2.23. The first-order valence-electron chi connectivity index (χ1n) is 8.05. The Bertz CT molecular complexity index is 832. The molecule has 7 nitrogen and oxygen atoms in total. The summed E-state index contributed by atoms with van der Waals surface area (Å²) in [6.07, 6.45) is 0. The molecule has 3 N–H and O–H groups in total. The molecule has 0 aliphatic carbocycles. The molecule has 0 saturated carbocycles. The molecule has 0 saturated heterocycles. The highest BCUT2D eigenvalue weighted by Crippen LogP contribution is 2.19. The van der Waals surface area contributed by atoms with Gasteiger partial charge in [-0.1, -0.05) is 17.7 Å². The van der Waals surface area contributed by atoms with Crippen molar-refractivity contribution >= 4 is 23.5 Å². The highest BCUT2D eigenvalue weighted by molar-refractivity contribution is 5.99. The molecule has 7 heteroatoms. The van der Waals surface area contributed by atoms with Gasteiger partial charge in [0.15, 0.2) is 6.61 Å². The maximum absolute atomic E-state index is 12.0. The molecule has 0 atom stereocenters. The first-order valence-corrected chi connectivity index (χ1v) is 8.05. The molecule has 0 heterocycles. The van der Waals surface area contributed by atoms with Gasteiger partial charge in [-0.3, -0.25) is 9.59 Å². The number of aromatic hydroxyl groups is 1. The van der Waals surface area contributed by atoms with Gasteiger partial charge in [0, 0.05) is 17.8 Å². The normalized spacial score (nSPS) is 10.1. The van der Waals surface area contributed by atoms with Gasteiger partial charge in [0.05, 0.1) is 0 Å². The van der Waals surface area contributed by atoms with Crippen molar-refractivity contribution < 1.29 is 24.2 Å². The van der Waals surface area contributed by atoms with Crippen LogP contribution >= 0.6 is 0 Å². The molecule has 0 aliphatic heterocycles. The van der Waals surface area contributed by atoms with Gasteiger partial charge in [0.1, 0.15) is 11.3 Å². The monoisotopic (exact) mass is 356 g/mol. The van der Waals surface area contributed by atoms with Crippen LogP contribution in [0.5, 0.6) is 5.75 Å². The predicted octanol–water partition coefficient (Wildman–Crippen LogP) is 2.25. The van der Waals surface area contributed by atoms with Crippen LogP contribution < -0.4 is 10.6 Å². The van der Waals surface area contributed by atoms with Crippen molar-refractivity contribution in [2.24, 2.45) is 0 Å². The standard InChI is InChI=1S/C19H20N2O5/c1-3-20-18(24)13-5-4-6-14(10-13)21-17(23)11-26-19(25)15-9-12(2)7-8-16(15)22/h4-10,22H,3,11H2,1-2H3,(H,20,24)(H,21,23). The Hall–Kier alpha value is -3.35. The van der Waals surface area contributed by atoms with Crippen LogP contribution in [0.2, 0.25) is 0 Å². The van der Waals surface area contributed by atoms with Crippen molar-refractivity contribution in [3.63, 3.8) is 0 Å². The molecule has 2 aromatic carbocycles. The smallest absolute Gasteiger partial charge is 0.342 e. The van der Waals surface area contributed by atoms with Crippen molar-refractivity contribution in [3.05, 3.63) is 59.2 Å². The third-order valence-electron chi connectivity index (χ3n) is 3.45. The second kappa shape index (κ2) is 8.66. The molecule has 0 spiro atoms. The number of amides is 2. The minimum absolute atomic E-state index is 0.00367. The Morgan fingerprint density at radius 3 is 2.62 bits per heavy atom. The Morgan fingerprint density at radius 2 is 1.88 bits per heavy atom. The lowest BCUT2D eigenvalue weighted by molar-refractivity contribution is -0.119. The molecule has 2 amide bonds. The zero-order chi connectivity index (χ0) is 19.1. The van der Waals surface area contributed by atoms with Gasteiger partial charge < -0.3 is 20.5 Å². The molecule has 2 aromatic rings. The maximum atomic E-state index is 12.0. The zero-order valence-electron chi connectivity index (χ0n) is 14.5. The first kappa shape index (κ1) is 19.0. The fourth-order valence-corrected chi connectivity index (χ4v) is 2.22. The number of ether oxygens (including phenoxy) is 1. The molecule has 0 radical (unpaired) electrons. The van der Waals surface area contributed by atoms with E-state index in [0.717, 1.165) is 5.56 Å². The van der Waals surface area contributed by atoms with Gasteiger partial charge in [0.2, 0.25) is 0 Å². The van der Waals surface area contributed by atoms with Crippen molar-refractivity contribution in [2.75, 3.05) is 18.5 Å². The van der Waals surface area contributed by atoms with Gasteiger partial charge >= 0.3 is 5.97 Å². The SMILES string of the molecule is CCNC(=O)c1cccc(NC(=O)COC(=O)c2cc(C)ccc2O)c1. The van der Waals surface area contributed by atoms with Gasteiger partial charge in [-0.05, 0) is 44.2 Å². The van der Waals surface area contributed by atoms with Crippen LogP contribution in [0.15, 0.2) is 42.5 Å². The van der Waals surface area contributed by atoms with E-state index in [4.69, 9.17) is 4.74 Å². The van der Waals surface area contributed by atoms with Gasteiger partial charge in [-0.25, -0.2) is 4.79 Å². The number of anilines is 1. The fraction of sp³-hybridized carbons (Fsp3) is 0.211. The highest BCUT2D eigenvalue weighted by atomic mass is 16.5. The third-order valence-corrected chi connectivity index (χ3v) is 3.45. The molecule has 26 heavy (non-hydrogen) atoms. The minimum Gasteiger partial charge on any atom is -0.507 e. The number of carbonyl (C=O) groups is 3. The molecule has 0 aromatic heterocycles. The molecule has 2 rings (SSSR count). The summed E-state index contributed by atoms with van der Waals surface area (Å²) in [5, 5.41) is 14.9.